The Balaban J connectivity index is 1.20. The number of nitrogens with one attached hydrogen (secondary N) is 4. The summed E-state index contributed by atoms with van der Waals surface area (Å²) in [5, 5.41) is 5.42. The van der Waals surface area contributed by atoms with E-state index in [-0.39, 0.29) is 35.7 Å². The van der Waals surface area contributed by atoms with Crippen molar-refractivity contribution in [3.05, 3.63) is 59.2 Å². The van der Waals surface area contributed by atoms with Gasteiger partial charge in [0, 0.05) is 24.2 Å². The van der Waals surface area contributed by atoms with Gasteiger partial charge in [-0.15, -0.1) is 0 Å². The second-order valence-electron chi connectivity index (χ2n) is 14.8. The highest BCUT2D eigenvalue weighted by Gasteiger charge is 2.37. The largest absolute Gasteiger partial charge is 0.453 e. The molecule has 0 saturated carbocycles. The van der Waals surface area contributed by atoms with Crippen molar-refractivity contribution in [3.63, 3.8) is 0 Å². The fourth-order valence-electron chi connectivity index (χ4n) is 7.38. The number of fused-ring (bicyclic) bond motifs is 2. The van der Waals surface area contributed by atoms with Gasteiger partial charge >= 0.3 is 12.2 Å². The molecule has 0 bridgehead atoms. The summed E-state index contributed by atoms with van der Waals surface area (Å²) in [7, 11) is 2.58. The van der Waals surface area contributed by atoms with Crippen molar-refractivity contribution >= 4 is 46.1 Å². The predicted molar refractivity (Wildman–Crippen MR) is 203 cm³/mol. The zero-order chi connectivity index (χ0) is 38.5. The van der Waals surface area contributed by atoms with Crippen LogP contribution in [0.25, 0.3) is 22.1 Å². The van der Waals surface area contributed by atoms with Crippen LogP contribution < -0.4 is 10.6 Å². The minimum Gasteiger partial charge on any atom is -0.453 e. The first-order chi connectivity index (χ1) is 26.0. The Kier molecular flexibility index (Phi) is 11.7. The number of likely N-dealkylation sites (tertiary alicyclic amines) is 2. The summed E-state index contributed by atoms with van der Waals surface area (Å²) in [5.41, 5.74) is 4.79. The SMILES string of the molecule is COC(=O)N[C@H](C(=O)N1CCCC[C@H]1c1nc2cc(C#Cc3ccc4[nH]c([C@@H]5CCCCN5C(=O)[C@@H](NC(=O)OC)C(C)C)nc4c3)ccc2[nH]1)C(C)C. The van der Waals surface area contributed by atoms with E-state index in [0.717, 1.165) is 71.7 Å². The Labute approximate surface area is 315 Å². The highest BCUT2D eigenvalue weighted by molar-refractivity contribution is 5.87. The van der Waals surface area contributed by atoms with E-state index >= 15 is 0 Å². The first kappa shape index (κ1) is 38.2. The number of hydrogen-bond acceptors (Lipinski definition) is 8. The zero-order valence-corrected chi connectivity index (χ0v) is 31.8. The topological polar surface area (TPSA) is 175 Å². The molecule has 0 unspecified atom stereocenters. The molecule has 14 nitrogen and oxygen atoms in total. The minimum atomic E-state index is -0.706. The van der Waals surface area contributed by atoms with E-state index in [1.807, 2.05) is 73.9 Å². The number of aromatic nitrogens is 4. The molecule has 2 aliphatic heterocycles. The van der Waals surface area contributed by atoms with Gasteiger partial charge in [-0.1, -0.05) is 39.5 Å². The number of carbonyl (C=O) groups excluding carboxylic acids is 4. The molecule has 286 valence electrons. The van der Waals surface area contributed by atoms with Crippen LogP contribution in [0, 0.1) is 23.7 Å². The molecule has 4 atom stereocenters. The van der Waals surface area contributed by atoms with Crippen molar-refractivity contribution in [2.24, 2.45) is 11.8 Å². The van der Waals surface area contributed by atoms with Crippen molar-refractivity contribution < 1.29 is 28.7 Å². The van der Waals surface area contributed by atoms with Crippen molar-refractivity contribution in [2.75, 3.05) is 27.3 Å². The lowest BCUT2D eigenvalue weighted by Crippen LogP contribution is -2.53. The fourth-order valence-corrected chi connectivity index (χ4v) is 7.38. The summed E-state index contributed by atoms with van der Waals surface area (Å²) in [6, 6.07) is 9.75. The lowest BCUT2D eigenvalue weighted by Gasteiger charge is -2.37. The molecule has 54 heavy (non-hydrogen) atoms. The normalized spacial score (nSPS) is 18.6. The van der Waals surface area contributed by atoms with Gasteiger partial charge in [-0.3, -0.25) is 9.59 Å². The molecule has 0 spiro atoms. The lowest BCUT2D eigenvalue weighted by atomic mass is 9.97. The van der Waals surface area contributed by atoms with Gasteiger partial charge in [-0.25, -0.2) is 19.6 Å². The number of ether oxygens (including phenoxy) is 2. The molecule has 0 aliphatic carbocycles. The number of aromatic amines is 2. The van der Waals surface area contributed by atoms with Gasteiger partial charge in [0.25, 0.3) is 0 Å². The van der Waals surface area contributed by atoms with E-state index in [1.54, 1.807) is 0 Å². The van der Waals surface area contributed by atoms with Gasteiger partial charge in [0.2, 0.25) is 11.8 Å². The van der Waals surface area contributed by atoms with Crippen LogP contribution in [0.2, 0.25) is 0 Å². The van der Waals surface area contributed by atoms with Crippen LogP contribution in [-0.4, -0.2) is 93.1 Å². The number of H-pyrrole nitrogens is 2. The molecule has 14 heteroatoms. The van der Waals surface area contributed by atoms with Crippen LogP contribution >= 0.6 is 0 Å². The highest BCUT2D eigenvalue weighted by Crippen LogP contribution is 2.33. The van der Waals surface area contributed by atoms with E-state index in [0.29, 0.717) is 24.7 Å². The summed E-state index contributed by atoms with van der Waals surface area (Å²) in [6.45, 7) is 8.76. The van der Waals surface area contributed by atoms with E-state index in [2.05, 4.69) is 32.4 Å². The summed E-state index contributed by atoms with van der Waals surface area (Å²) >= 11 is 0. The minimum absolute atomic E-state index is 0.120. The van der Waals surface area contributed by atoms with Crippen LogP contribution in [0.3, 0.4) is 0 Å². The second kappa shape index (κ2) is 16.6. The zero-order valence-electron chi connectivity index (χ0n) is 31.8. The summed E-state index contributed by atoms with van der Waals surface area (Å²) in [4.78, 5) is 71.8. The molecule has 2 aliphatic rings. The molecule has 2 saturated heterocycles. The van der Waals surface area contributed by atoms with Gasteiger partial charge in [0.05, 0.1) is 48.4 Å². The average molecular weight is 739 g/mol. The fraction of sp³-hybridized carbons (Fsp3) is 0.500. The van der Waals surface area contributed by atoms with Crippen LogP contribution in [0.4, 0.5) is 9.59 Å². The number of imidazole rings is 2. The molecule has 6 rings (SSSR count). The molecule has 2 aromatic carbocycles. The summed E-state index contributed by atoms with van der Waals surface area (Å²) in [5.74, 6) is 7.41. The Bertz CT molecular complexity index is 1930. The number of rotatable bonds is 8. The molecule has 4 heterocycles. The number of carbonyl (C=O) groups is 4. The summed E-state index contributed by atoms with van der Waals surface area (Å²) in [6.07, 6.45) is 3.95. The van der Waals surface area contributed by atoms with Crippen LogP contribution in [-0.2, 0) is 19.1 Å². The quantitative estimate of drug-likeness (QED) is 0.166. The van der Waals surface area contributed by atoms with Crippen LogP contribution in [0.1, 0.15) is 101 Å². The van der Waals surface area contributed by atoms with E-state index in [4.69, 9.17) is 19.4 Å². The maximum atomic E-state index is 13.7. The third kappa shape index (κ3) is 8.30. The number of methoxy groups -OCH3 is 2. The van der Waals surface area contributed by atoms with Gasteiger partial charge in [0.15, 0.2) is 0 Å². The molecule has 0 radical (unpaired) electrons. The smallest absolute Gasteiger partial charge is 0.407 e. The van der Waals surface area contributed by atoms with Gasteiger partial charge < -0.3 is 39.9 Å². The number of piperidine rings is 2. The van der Waals surface area contributed by atoms with Crippen molar-refractivity contribution in [1.82, 2.24) is 40.4 Å². The predicted octanol–water partition coefficient (Wildman–Crippen LogP) is 5.71. The third-order valence-corrected chi connectivity index (χ3v) is 10.3. The van der Waals surface area contributed by atoms with Gasteiger partial charge in [0.1, 0.15) is 23.7 Å². The monoisotopic (exact) mass is 738 g/mol. The van der Waals surface area contributed by atoms with Crippen molar-refractivity contribution in [3.8, 4) is 11.8 Å². The Hall–Kier alpha value is -5.58. The Morgan fingerprint density at radius 2 is 1.09 bits per heavy atom. The van der Waals surface area contributed by atoms with E-state index in [1.165, 1.54) is 14.2 Å². The average Bonchev–Trinajstić information content (AvgIpc) is 3.81. The van der Waals surface area contributed by atoms with Crippen molar-refractivity contribution in [2.45, 2.75) is 90.4 Å². The number of nitrogens with zero attached hydrogens (tertiary/aromatic N) is 4. The van der Waals surface area contributed by atoms with Gasteiger partial charge in [-0.2, -0.15) is 0 Å². The molecule has 4 amide bonds. The molecule has 4 N–H and O–H groups in total. The maximum Gasteiger partial charge on any atom is 0.407 e. The molecule has 2 aromatic heterocycles. The first-order valence-electron chi connectivity index (χ1n) is 18.8. The second-order valence-corrected chi connectivity index (χ2v) is 14.8. The standard InChI is InChI=1S/C40H50N8O6/c1-23(2)33(45-39(51)53-5)37(49)47-19-9-7-11-31(47)35-41-27-17-15-25(21-29(27)43-35)13-14-26-16-18-28-30(22-26)44-36(42-28)32-12-8-10-20-48(32)38(50)34(24(3)4)46-40(52)54-6/h15-18,21-24,31-34H,7-12,19-20H2,1-6H3,(H,41,43)(H,42,44)(H,45,51)(H,46,52)/t31-,32-,33-,34-/m0/s1. The highest BCUT2D eigenvalue weighted by atomic mass is 16.5. The molecular weight excluding hydrogens is 688 g/mol. The molecule has 4 aromatic rings. The van der Waals surface area contributed by atoms with E-state index in [9.17, 15) is 19.2 Å². The van der Waals surface area contributed by atoms with Crippen LogP contribution in [0.5, 0.6) is 0 Å². The maximum absolute atomic E-state index is 13.7. The van der Waals surface area contributed by atoms with Crippen molar-refractivity contribution in [1.29, 1.82) is 0 Å². The summed E-state index contributed by atoms with van der Waals surface area (Å²) < 4.78 is 9.55. The number of amides is 4. The lowest BCUT2D eigenvalue weighted by molar-refractivity contribution is -0.139. The number of hydrogen-bond donors (Lipinski definition) is 4. The molecular formula is C40H50N8O6. The van der Waals surface area contributed by atoms with Gasteiger partial charge in [-0.05, 0) is 86.8 Å². The van der Waals surface area contributed by atoms with Crippen LogP contribution in [0.15, 0.2) is 36.4 Å². The Morgan fingerprint density at radius 1 is 0.685 bits per heavy atom. The third-order valence-electron chi connectivity index (χ3n) is 10.3. The first-order valence-corrected chi connectivity index (χ1v) is 18.8. The number of benzene rings is 2. The number of alkyl carbamates (subject to hydrolysis) is 2. The van der Waals surface area contributed by atoms with E-state index < -0.39 is 24.3 Å². The molecule has 2 fully saturated rings. The Morgan fingerprint density at radius 3 is 1.46 bits per heavy atom.